The van der Waals surface area contributed by atoms with Crippen LogP contribution in [0.3, 0.4) is 0 Å². The lowest BCUT2D eigenvalue weighted by Crippen LogP contribution is -2.00. The van der Waals surface area contributed by atoms with Crippen molar-refractivity contribution in [2.45, 2.75) is 12.8 Å². The Hall–Kier alpha value is -2.68. The molecule has 0 aromatic heterocycles. The monoisotopic (exact) mass is 436 g/mol. The lowest BCUT2D eigenvalue weighted by Gasteiger charge is -2.04. The maximum Gasteiger partial charge on any atom is 0.164 e. The molecule has 0 aliphatic heterocycles. The summed E-state index contributed by atoms with van der Waals surface area (Å²) >= 11 is 11.1. The highest BCUT2D eigenvalue weighted by molar-refractivity contribution is 6.20. The van der Waals surface area contributed by atoms with Crippen LogP contribution >= 0.6 is 23.2 Å². The van der Waals surface area contributed by atoms with E-state index < -0.39 is 0 Å². The van der Waals surface area contributed by atoms with Gasteiger partial charge in [-0.05, 0) is 27.6 Å². The van der Waals surface area contributed by atoms with E-state index in [9.17, 15) is 9.59 Å². The number of hydrogen-bond donors (Lipinski definition) is 0. The number of rotatable bonds is 6. The lowest BCUT2D eigenvalue weighted by atomic mass is 10.0. The lowest BCUT2D eigenvalue weighted by molar-refractivity contribution is 0.0982. The van der Waals surface area contributed by atoms with Gasteiger partial charge in [-0.3, -0.25) is 9.59 Å². The number of carbonyl (C=O) groups is 2. The number of fused-ring (bicyclic) bond motifs is 2. The average Bonchev–Trinajstić information content (AvgIpc) is 2.79. The second-order valence-corrected chi connectivity index (χ2v) is 7.57. The van der Waals surface area contributed by atoms with Gasteiger partial charge in [0.1, 0.15) is 0 Å². The molecule has 30 heavy (non-hydrogen) atoms. The van der Waals surface area contributed by atoms with E-state index in [0.29, 0.717) is 24.6 Å². The quantitative estimate of drug-likeness (QED) is 0.234. The molecule has 4 heteroatoms. The summed E-state index contributed by atoms with van der Waals surface area (Å²) in [5.74, 6) is 0.978. The molecule has 0 heterocycles. The highest BCUT2D eigenvalue weighted by Gasteiger charge is 2.08. The minimum absolute atomic E-state index is 0.107. The third kappa shape index (κ3) is 5.47. The molecule has 0 saturated carbocycles. The Morgan fingerprint density at radius 2 is 1.20 bits per heavy atom. The number of halogens is 2. The molecule has 0 N–H and O–H groups in total. The van der Waals surface area contributed by atoms with Crippen LogP contribution in [0.4, 0.5) is 0 Å². The number of benzene rings is 4. The molecule has 4 aromatic rings. The third-order valence-corrected chi connectivity index (χ3v) is 5.18. The van der Waals surface area contributed by atoms with Crippen molar-refractivity contribution in [2.24, 2.45) is 0 Å². The minimum Gasteiger partial charge on any atom is -0.294 e. The predicted octanol–water partition coefficient (Wildman–Crippen LogP) is 7.30. The van der Waals surface area contributed by atoms with Gasteiger partial charge in [-0.1, -0.05) is 78.9 Å². The second kappa shape index (κ2) is 10.9. The zero-order chi connectivity index (χ0) is 21.3. The van der Waals surface area contributed by atoms with Crippen molar-refractivity contribution in [3.63, 3.8) is 0 Å². The average molecular weight is 437 g/mol. The molecule has 0 aliphatic carbocycles. The highest BCUT2D eigenvalue weighted by atomic mass is 35.5. The van der Waals surface area contributed by atoms with Crippen LogP contribution in [-0.2, 0) is 0 Å². The van der Waals surface area contributed by atoms with E-state index in [-0.39, 0.29) is 11.6 Å². The van der Waals surface area contributed by atoms with Crippen molar-refractivity contribution in [1.82, 2.24) is 0 Å². The predicted molar refractivity (Wildman–Crippen MR) is 127 cm³/mol. The molecular formula is C26H22Cl2O2. The van der Waals surface area contributed by atoms with Crippen LogP contribution in [-0.4, -0.2) is 23.3 Å². The fraction of sp³-hybridized carbons (Fsp3) is 0.154. The second-order valence-electron chi connectivity index (χ2n) is 6.81. The standard InChI is InChI=1S/2C13H11ClO/c14-9-8-13(15)12-7-3-5-10-4-1-2-6-11(10)12;14-8-7-13(15)12-6-5-10-3-1-2-4-11(10)9-12/h1-7H,8-9H2;1-6,9H,7-8H2. The topological polar surface area (TPSA) is 34.1 Å². The summed E-state index contributed by atoms with van der Waals surface area (Å²) < 4.78 is 0. The summed E-state index contributed by atoms with van der Waals surface area (Å²) in [4.78, 5) is 23.4. The van der Waals surface area contributed by atoms with Crippen LogP contribution in [0.25, 0.3) is 21.5 Å². The van der Waals surface area contributed by atoms with Gasteiger partial charge in [-0.2, -0.15) is 0 Å². The van der Waals surface area contributed by atoms with Crippen LogP contribution < -0.4 is 0 Å². The van der Waals surface area contributed by atoms with Gasteiger partial charge in [0.05, 0.1) is 0 Å². The number of hydrogen-bond acceptors (Lipinski definition) is 2. The van der Waals surface area contributed by atoms with Crippen LogP contribution in [0.2, 0.25) is 0 Å². The van der Waals surface area contributed by atoms with Crippen LogP contribution in [0, 0.1) is 0 Å². The molecule has 152 valence electrons. The first-order valence-electron chi connectivity index (χ1n) is 9.79. The molecule has 0 unspecified atom stereocenters. The molecule has 0 atom stereocenters. The molecule has 4 rings (SSSR count). The Morgan fingerprint density at radius 3 is 1.93 bits per heavy atom. The Bertz CT molecular complexity index is 1160. The summed E-state index contributed by atoms with van der Waals surface area (Å²) in [5, 5.41) is 4.35. The van der Waals surface area contributed by atoms with Gasteiger partial charge in [0.25, 0.3) is 0 Å². The van der Waals surface area contributed by atoms with Gasteiger partial charge < -0.3 is 0 Å². The first kappa shape index (κ1) is 22.0. The molecule has 0 aliphatic rings. The van der Waals surface area contributed by atoms with E-state index in [1.54, 1.807) is 0 Å². The Balaban J connectivity index is 0.000000171. The maximum atomic E-state index is 11.8. The molecular weight excluding hydrogens is 415 g/mol. The summed E-state index contributed by atoms with van der Waals surface area (Å²) in [6, 6.07) is 27.4. The molecule has 0 radical (unpaired) electrons. The molecule has 0 bridgehead atoms. The first-order valence-corrected chi connectivity index (χ1v) is 10.9. The van der Waals surface area contributed by atoms with Gasteiger partial charge in [-0.15, -0.1) is 23.2 Å². The smallest absolute Gasteiger partial charge is 0.164 e. The summed E-state index contributed by atoms with van der Waals surface area (Å²) in [6.45, 7) is 0. The van der Waals surface area contributed by atoms with Crippen molar-refractivity contribution in [2.75, 3.05) is 11.8 Å². The van der Waals surface area contributed by atoms with E-state index in [1.165, 1.54) is 0 Å². The van der Waals surface area contributed by atoms with Crippen molar-refractivity contribution < 1.29 is 9.59 Å². The van der Waals surface area contributed by atoms with Crippen molar-refractivity contribution in [3.8, 4) is 0 Å². The summed E-state index contributed by atoms with van der Waals surface area (Å²) in [6.07, 6.45) is 0.801. The Morgan fingerprint density at radius 1 is 0.600 bits per heavy atom. The molecule has 2 nitrogen and oxygen atoms in total. The molecule has 0 amide bonds. The fourth-order valence-electron chi connectivity index (χ4n) is 3.28. The van der Waals surface area contributed by atoms with E-state index >= 15 is 0 Å². The van der Waals surface area contributed by atoms with Gasteiger partial charge in [-0.25, -0.2) is 0 Å². The zero-order valence-corrected chi connectivity index (χ0v) is 18.0. The number of carbonyl (C=O) groups excluding carboxylic acids is 2. The Labute approximate surface area is 186 Å². The fourth-order valence-corrected chi connectivity index (χ4v) is 3.63. The van der Waals surface area contributed by atoms with Gasteiger partial charge in [0.15, 0.2) is 11.6 Å². The van der Waals surface area contributed by atoms with Gasteiger partial charge in [0, 0.05) is 35.7 Å². The highest BCUT2D eigenvalue weighted by Crippen LogP contribution is 2.20. The summed E-state index contributed by atoms with van der Waals surface area (Å²) in [7, 11) is 0. The SMILES string of the molecule is O=C(CCCl)c1ccc2ccccc2c1.O=C(CCCl)c1cccc2ccccc12. The number of alkyl halides is 2. The normalized spacial score (nSPS) is 10.5. The van der Waals surface area contributed by atoms with E-state index in [2.05, 4.69) is 0 Å². The van der Waals surface area contributed by atoms with Gasteiger partial charge >= 0.3 is 0 Å². The van der Waals surface area contributed by atoms with Crippen molar-refractivity contribution in [1.29, 1.82) is 0 Å². The first-order chi connectivity index (χ1) is 14.6. The molecule has 4 aromatic carbocycles. The van der Waals surface area contributed by atoms with Crippen LogP contribution in [0.1, 0.15) is 33.6 Å². The van der Waals surface area contributed by atoms with Crippen molar-refractivity contribution in [3.05, 3.63) is 96.1 Å². The van der Waals surface area contributed by atoms with E-state index in [4.69, 9.17) is 23.2 Å². The van der Waals surface area contributed by atoms with Crippen molar-refractivity contribution >= 4 is 56.3 Å². The Kier molecular flexibility index (Phi) is 8.01. The third-order valence-electron chi connectivity index (χ3n) is 4.80. The minimum atomic E-state index is 0.107. The number of Topliss-reactive ketones (excluding diaryl/α,β-unsaturated/α-hetero) is 2. The number of ketones is 2. The van der Waals surface area contributed by atoms with Crippen LogP contribution in [0.15, 0.2) is 84.9 Å². The maximum absolute atomic E-state index is 11.8. The zero-order valence-electron chi connectivity index (χ0n) is 16.5. The van der Waals surface area contributed by atoms with E-state index in [1.807, 2.05) is 84.9 Å². The van der Waals surface area contributed by atoms with Gasteiger partial charge in [0.2, 0.25) is 0 Å². The molecule has 0 saturated heterocycles. The summed E-state index contributed by atoms with van der Waals surface area (Å²) in [5.41, 5.74) is 1.52. The molecule has 0 spiro atoms. The van der Waals surface area contributed by atoms with Crippen LogP contribution in [0.5, 0.6) is 0 Å². The van der Waals surface area contributed by atoms with E-state index in [0.717, 1.165) is 32.7 Å². The molecule has 0 fully saturated rings. The largest absolute Gasteiger partial charge is 0.294 e.